The standard InChI is InChI=1S/C53H58BN3O6.C38H32N2O5.C15H28BNO2.C2HF3O2.CH4/c1-34(2)29-47(54-62-46-31-38-30-45(51(38,3)4)52(46,5)63-54)56-49(59)44(55-50(60)61-33-43-41-27-17-15-25-39(41)40-26-16-18-28-42(40)43)32-48(58)57-53(35-19-9-6-10-20-35,36-21-11-7-12-22-36)37-23-13-8-14-24-37;41-35(40-38(26-14-4-1-5-15-26,27-16-6-2-7-17-27)28-18-8-3-9-19-28)24-34(36(42)43)39-37(44)45-25-33-31-22-12-10-20-29(31)30-21-11-13-23-32(30)33;1-9(2)6-13(17)16-18-12-8-10-7-11(14(10,3)4)15(12,5)19-16;3-2(4,5)1(6)7;/h6-28,34,38,43-47H,29-33H2,1-5H3,(H,55,60)(H,56,59)(H,57,58);1-23,33-34H,24-25H2,(H,39,44)(H,40,41)(H,42,43);9-13H,6-8,17H2,1-5H3;(H,6,7);1H4/t38-,44-,45-,46+,47-,52-;34-;10-,11-,12+,13-,15-;;/m000../s1. The molecule has 26 heteroatoms. The first-order chi connectivity index (χ1) is 64.0. The molecule has 2 heterocycles. The lowest BCUT2D eigenvalue weighted by molar-refractivity contribution is -0.199. The normalized spacial score (nSPS) is 21.8. The highest BCUT2D eigenvalue weighted by Crippen LogP contribution is 2.67. The van der Waals surface area contributed by atoms with Crippen LogP contribution in [0.4, 0.5) is 22.8 Å². The fraction of sp³-hybridized carbons (Fsp3) is 0.385. The van der Waals surface area contributed by atoms with E-state index in [1.54, 1.807) is 0 Å². The van der Waals surface area contributed by atoms with Crippen LogP contribution in [0.3, 0.4) is 0 Å². The maximum absolute atomic E-state index is 14.8. The van der Waals surface area contributed by atoms with Gasteiger partial charge in [-0.05, 0) is 177 Å². The van der Waals surface area contributed by atoms with Gasteiger partial charge in [-0.2, -0.15) is 13.2 Å². The van der Waals surface area contributed by atoms with Crippen LogP contribution in [0.1, 0.15) is 196 Å². The van der Waals surface area contributed by atoms with Gasteiger partial charge in [0.15, 0.2) is 0 Å². The molecule has 10 aromatic rings. The van der Waals surface area contributed by atoms with E-state index in [1.807, 2.05) is 255 Å². The Kier molecular flexibility index (Phi) is 30.1. The molecule has 0 aromatic heterocycles. The minimum Gasteiger partial charge on any atom is -0.480 e. The highest BCUT2D eigenvalue weighted by Gasteiger charge is 2.70. The summed E-state index contributed by atoms with van der Waals surface area (Å²) < 4.78 is 69.4. The van der Waals surface area contributed by atoms with Crippen LogP contribution in [0.2, 0.25) is 0 Å². The Labute approximate surface area is 790 Å². The summed E-state index contributed by atoms with van der Waals surface area (Å²) in [4.78, 5) is 91.5. The van der Waals surface area contributed by atoms with E-state index < -0.39 is 96.3 Å². The molecule has 21 nitrogen and oxygen atoms in total. The molecule has 2 aliphatic heterocycles. The summed E-state index contributed by atoms with van der Waals surface area (Å²) in [5, 5.41) is 32.1. The fourth-order valence-electron chi connectivity index (χ4n) is 22.3. The number of carbonyl (C=O) groups excluding carboxylic acids is 5. The smallest absolute Gasteiger partial charge is 0.480 e. The van der Waals surface area contributed by atoms with Crippen LogP contribution in [0.15, 0.2) is 279 Å². The fourth-order valence-corrected chi connectivity index (χ4v) is 22.3. The second-order valence-corrected chi connectivity index (χ2v) is 39.1. The number of fused-ring (bicyclic) bond motifs is 6. The van der Waals surface area contributed by atoms with E-state index in [1.165, 1.54) is 6.42 Å². The zero-order valence-corrected chi connectivity index (χ0v) is 77.3. The lowest BCUT2D eigenvalue weighted by Gasteiger charge is -2.64. The molecule has 6 saturated carbocycles. The second kappa shape index (κ2) is 41.2. The molecule has 8 fully saturated rings. The Morgan fingerprint density at radius 2 is 0.711 bits per heavy atom. The highest BCUT2D eigenvalue weighted by atomic mass is 19.4. The Balaban J connectivity index is 0.000000175. The van der Waals surface area contributed by atoms with E-state index in [-0.39, 0.29) is 81.1 Å². The number of carboxylic acid groups (broad SMARTS) is 2. The third kappa shape index (κ3) is 20.5. The van der Waals surface area contributed by atoms with Crippen molar-refractivity contribution in [2.75, 3.05) is 13.2 Å². The van der Waals surface area contributed by atoms with Crippen molar-refractivity contribution in [2.24, 2.45) is 52.1 Å². The Hall–Kier alpha value is -12.2. The number of nitrogens with two attached hydrogens (primary N) is 1. The molecule has 20 rings (SSSR count). The van der Waals surface area contributed by atoms with Crippen molar-refractivity contribution in [3.05, 3.63) is 335 Å². The highest BCUT2D eigenvalue weighted by molar-refractivity contribution is 6.48. The number of hydrogen-bond donors (Lipinski definition) is 8. The number of nitrogens with one attached hydrogen (secondary N) is 5. The predicted molar refractivity (Wildman–Crippen MR) is 515 cm³/mol. The van der Waals surface area contributed by atoms with Crippen molar-refractivity contribution in [3.63, 3.8) is 0 Å². The minimum absolute atomic E-state index is 0. The van der Waals surface area contributed by atoms with E-state index >= 15 is 0 Å². The van der Waals surface area contributed by atoms with E-state index in [9.17, 15) is 47.0 Å². The molecule has 2 saturated heterocycles. The first-order valence-corrected chi connectivity index (χ1v) is 46.5. The van der Waals surface area contributed by atoms with Gasteiger partial charge < -0.3 is 70.6 Å². The Bertz CT molecular complexity index is 5530. The van der Waals surface area contributed by atoms with Crippen molar-refractivity contribution < 1.29 is 85.0 Å². The predicted octanol–water partition coefficient (Wildman–Crippen LogP) is 19.6. The number of ether oxygens (including phenoxy) is 2. The molecule has 5 amide bonds. The number of rotatable bonds is 27. The Morgan fingerprint density at radius 3 is 1.01 bits per heavy atom. The molecule has 10 aromatic carbocycles. The molecule has 0 spiro atoms. The van der Waals surface area contributed by atoms with Crippen LogP contribution >= 0.6 is 0 Å². The van der Waals surface area contributed by atoms with Crippen molar-refractivity contribution in [1.82, 2.24) is 26.6 Å². The number of carbonyl (C=O) groups is 7. The molecular weight excluding hydrogens is 1710 g/mol. The molecular formula is C109H123B2F3N6O15. The molecule has 706 valence electrons. The third-order valence-electron chi connectivity index (χ3n) is 29.2. The molecule has 4 bridgehead atoms. The van der Waals surface area contributed by atoms with Crippen molar-refractivity contribution in [2.45, 2.75) is 204 Å². The van der Waals surface area contributed by atoms with Crippen LogP contribution < -0.4 is 32.3 Å². The summed E-state index contributed by atoms with van der Waals surface area (Å²) in [6, 6.07) is 87.3. The third-order valence-corrected chi connectivity index (χ3v) is 29.2. The van der Waals surface area contributed by atoms with Gasteiger partial charge in [0, 0.05) is 17.8 Å². The number of amides is 5. The summed E-state index contributed by atoms with van der Waals surface area (Å²) in [6.45, 7) is 22.5. The topological polar surface area (TPSA) is 301 Å². The van der Waals surface area contributed by atoms with Gasteiger partial charge in [0.25, 0.3) is 0 Å². The van der Waals surface area contributed by atoms with Crippen molar-refractivity contribution >= 4 is 56.1 Å². The maximum Gasteiger partial charge on any atom is 0.490 e. The molecule has 10 aliphatic rings. The second-order valence-electron chi connectivity index (χ2n) is 39.1. The van der Waals surface area contributed by atoms with Gasteiger partial charge in [0.2, 0.25) is 17.7 Å². The van der Waals surface area contributed by atoms with Crippen LogP contribution in [-0.2, 0) is 63.1 Å². The van der Waals surface area contributed by atoms with E-state index in [2.05, 4.69) is 120 Å². The summed E-state index contributed by atoms with van der Waals surface area (Å²) in [7, 11) is -0.889. The summed E-state index contributed by atoms with van der Waals surface area (Å²) in [5.74, 6) is -3.41. The zero-order chi connectivity index (χ0) is 95.2. The quantitative estimate of drug-likeness (QED) is 0.0175. The molecule has 9 N–H and O–H groups in total. The Morgan fingerprint density at radius 1 is 0.422 bits per heavy atom. The van der Waals surface area contributed by atoms with Gasteiger partial charge in [-0.1, -0.05) is 342 Å². The van der Waals surface area contributed by atoms with Gasteiger partial charge in [0.1, 0.15) is 36.4 Å². The van der Waals surface area contributed by atoms with Gasteiger partial charge in [-0.25, -0.2) is 19.2 Å². The number of alkyl carbamates (subject to hydrolysis) is 2. The van der Waals surface area contributed by atoms with Gasteiger partial charge in [-0.3, -0.25) is 14.4 Å². The number of benzene rings is 10. The first kappa shape index (κ1) is 98.8. The lowest BCUT2D eigenvalue weighted by atomic mass is 9.43. The SMILES string of the molecule is C.CC(C)C[C@H](N)B1O[C@@H]2C[C@@H]3C[C@@H](C3(C)C)[C@]2(C)O1.CC(C)C[C@H](NC(=O)[C@H](CC(=O)NC(c1ccccc1)(c1ccccc1)c1ccccc1)NC(=O)OCC1c2ccccc2-c2ccccc21)B1O[C@@H]2C[C@@H]3C[C@@H](C3(C)C)[C@]2(C)O1.O=C(C[C@H](NC(=O)OCC1c2ccccc2-c2ccccc21)C(=O)O)NC(c1ccccc1)(c1ccccc1)c1ccccc1.O=C(O)C(F)(F)F. The van der Waals surface area contributed by atoms with E-state index in [4.69, 9.17) is 43.7 Å². The van der Waals surface area contributed by atoms with Crippen LogP contribution in [0.25, 0.3) is 22.3 Å². The number of carboxylic acids is 2. The van der Waals surface area contributed by atoms with Gasteiger partial charge >= 0.3 is 44.5 Å². The lowest BCUT2D eigenvalue weighted by Crippen LogP contribution is -2.65. The molecule has 12 atom stereocenters. The average Bonchev–Trinajstić information content (AvgIpc) is 1.63. The van der Waals surface area contributed by atoms with E-state index in [0.717, 1.165) is 109 Å². The summed E-state index contributed by atoms with van der Waals surface area (Å²) >= 11 is 0. The van der Waals surface area contributed by atoms with Crippen molar-refractivity contribution in [3.8, 4) is 22.3 Å². The van der Waals surface area contributed by atoms with Crippen molar-refractivity contribution in [1.29, 1.82) is 0 Å². The van der Waals surface area contributed by atoms with Crippen LogP contribution in [0.5, 0.6) is 0 Å². The zero-order valence-electron chi connectivity index (χ0n) is 77.3. The molecule has 0 unspecified atom stereocenters. The first-order valence-electron chi connectivity index (χ1n) is 46.5. The van der Waals surface area contributed by atoms with Gasteiger partial charge in [0.05, 0.1) is 42.2 Å². The number of hydrogen-bond acceptors (Lipinski definition) is 14. The van der Waals surface area contributed by atoms with Gasteiger partial charge in [-0.15, -0.1) is 0 Å². The number of aliphatic carboxylic acids is 2. The summed E-state index contributed by atoms with van der Waals surface area (Å²) in [6.07, 6.45) is -1.48. The van der Waals surface area contributed by atoms with E-state index in [0.29, 0.717) is 35.5 Å². The molecule has 0 radical (unpaired) electrons. The maximum atomic E-state index is 14.8. The minimum atomic E-state index is -5.08. The van der Waals surface area contributed by atoms with Crippen LogP contribution in [-0.4, -0.2) is 133 Å². The monoisotopic (exact) mass is 1830 g/mol. The van der Waals surface area contributed by atoms with Crippen LogP contribution in [0, 0.1) is 46.3 Å². The number of alkyl halides is 3. The average molecular weight is 1840 g/mol. The molecule has 135 heavy (non-hydrogen) atoms. The number of halogens is 3. The molecule has 8 aliphatic carbocycles. The largest absolute Gasteiger partial charge is 0.490 e. The summed E-state index contributed by atoms with van der Waals surface area (Å²) in [5.41, 5.74) is 17.5.